The van der Waals surface area contributed by atoms with E-state index in [0.29, 0.717) is 6.42 Å². The Labute approximate surface area is 99.3 Å². The molecule has 1 aromatic rings. The third kappa shape index (κ3) is 2.85. The Morgan fingerprint density at radius 1 is 1.50 bits per heavy atom. The average Bonchev–Trinajstić information content (AvgIpc) is 2.74. The highest BCUT2D eigenvalue weighted by atomic mass is 32.2. The third-order valence-corrected chi connectivity index (χ3v) is 3.37. The second-order valence-electron chi connectivity index (χ2n) is 3.66. The standard InChI is InChI=1S/C12H14N2OS/c1-9-4-2-3-5-10(9)14-11(15)8-12-13-6-7-16-12/h2-5H,6-8H2,1H3,(H,14,15). The van der Waals surface area contributed by atoms with Crippen molar-refractivity contribution >= 4 is 28.4 Å². The summed E-state index contributed by atoms with van der Waals surface area (Å²) in [5.74, 6) is 1.02. The first-order valence-corrected chi connectivity index (χ1v) is 6.26. The molecule has 84 valence electrons. The van der Waals surface area contributed by atoms with Crippen LogP contribution in [0.1, 0.15) is 12.0 Å². The number of nitrogens with one attached hydrogen (secondary N) is 1. The molecule has 1 aromatic carbocycles. The van der Waals surface area contributed by atoms with Crippen molar-refractivity contribution in [1.29, 1.82) is 0 Å². The predicted octanol–water partition coefficient (Wildman–Crippen LogP) is 2.47. The quantitative estimate of drug-likeness (QED) is 0.873. The fourth-order valence-corrected chi connectivity index (χ4v) is 2.37. The van der Waals surface area contributed by atoms with Crippen molar-refractivity contribution in [1.82, 2.24) is 0 Å². The lowest BCUT2D eigenvalue weighted by atomic mass is 10.2. The highest BCUT2D eigenvalue weighted by Gasteiger charge is 2.12. The zero-order valence-corrected chi connectivity index (χ0v) is 10.0. The van der Waals surface area contributed by atoms with Gasteiger partial charge in [0.2, 0.25) is 5.91 Å². The lowest BCUT2D eigenvalue weighted by Crippen LogP contribution is -2.14. The molecular formula is C12H14N2OS. The Morgan fingerprint density at radius 2 is 2.31 bits per heavy atom. The van der Waals surface area contributed by atoms with Crippen molar-refractivity contribution in [3.63, 3.8) is 0 Å². The normalized spacial score (nSPS) is 14.7. The summed E-state index contributed by atoms with van der Waals surface area (Å²) in [6.45, 7) is 2.83. The minimum atomic E-state index is 0.0162. The van der Waals surface area contributed by atoms with Crippen molar-refractivity contribution in [2.45, 2.75) is 13.3 Å². The van der Waals surface area contributed by atoms with Gasteiger partial charge in [0.15, 0.2) is 0 Å². The molecule has 2 rings (SSSR count). The number of hydrogen-bond donors (Lipinski definition) is 1. The lowest BCUT2D eigenvalue weighted by molar-refractivity contribution is -0.115. The van der Waals surface area contributed by atoms with Crippen LogP contribution in [0.5, 0.6) is 0 Å². The van der Waals surface area contributed by atoms with E-state index in [1.807, 2.05) is 31.2 Å². The summed E-state index contributed by atoms with van der Waals surface area (Å²) in [6.07, 6.45) is 0.402. The lowest BCUT2D eigenvalue weighted by Gasteiger charge is -2.07. The molecule has 1 aliphatic heterocycles. The first-order chi connectivity index (χ1) is 7.75. The van der Waals surface area contributed by atoms with Crippen LogP contribution in [-0.4, -0.2) is 23.2 Å². The summed E-state index contributed by atoms with van der Waals surface area (Å²) < 4.78 is 0. The van der Waals surface area contributed by atoms with Gasteiger partial charge in [-0.2, -0.15) is 0 Å². The van der Waals surface area contributed by atoms with Gasteiger partial charge in [-0.25, -0.2) is 0 Å². The van der Waals surface area contributed by atoms with Crippen LogP contribution in [-0.2, 0) is 4.79 Å². The fourth-order valence-electron chi connectivity index (χ4n) is 1.53. The second kappa shape index (κ2) is 5.16. The smallest absolute Gasteiger partial charge is 0.230 e. The molecule has 0 saturated carbocycles. The molecule has 0 radical (unpaired) electrons. The molecule has 1 amide bonds. The van der Waals surface area contributed by atoms with E-state index >= 15 is 0 Å². The van der Waals surface area contributed by atoms with Gasteiger partial charge in [0.25, 0.3) is 0 Å². The van der Waals surface area contributed by atoms with Crippen LogP contribution >= 0.6 is 11.8 Å². The monoisotopic (exact) mass is 234 g/mol. The molecule has 1 N–H and O–H groups in total. The van der Waals surface area contributed by atoms with Crippen molar-refractivity contribution in [3.8, 4) is 0 Å². The molecular weight excluding hydrogens is 220 g/mol. The molecule has 0 fully saturated rings. The summed E-state index contributed by atoms with van der Waals surface area (Å²) >= 11 is 1.67. The number of rotatable bonds is 3. The number of amides is 1. The summed E-state index contributed by atoms with van der Waals surface area (Å²) in [4.78, 5) is 16.0. The van der Waals surface area contributed by atoms with Crippen molar-refractivity contribution < 1.29 is 4.79 Å². The molecule has 0 atom stereocenters. The number of thioether (sulfide) groups is 1. The van der Waals surface area contributed by atoms with E-state index in [9.17, 15) is 4.79 Å². The summed E-state index contributed by atoms with van der Waals surface area (Å²) in [5, 5.41) is 3.85. The first-order valence-electron chi connectivity index (χ1n) is 5.27. The Kier molecular flexibility index (Phi) is 3.62. The van der Waals surface area contributed by atoms with Gasteiger partial charge in [-0.1, -0.05) is 18.2 Å². The highest BCUT2D eigenvalue weighted by Crippen LogP contribution is 2.17. The van der Waals surface area contributed by atoms with Crippen LogP contribution in [0.4, 0.5) is 5.69 Å². The Bertz CT molecular complexity index is 429. The maximum Gasteiger partial charge on any atom is 0.230 e. The maximum atomic E-state index is 11.7. The van der Waals surface area contributed by atoms with Crippen LogP contribution in [0.3, 0.4) is 0 Å². The van der Waals surface area contributed by atoms with Crippen LogP contribution in [0.2, 0.25) is 0 Å². The summed E-state index contributed by atoms with van der Waals surface area (Å²) in [5.41, 5.74) is 1.97. The maximum absolute atomic E-state index is 11.7. The van der Waals surface area contributed by atoms with Gasteiger partial charge in [0, 0.05) is 18.0 Å². The SMILES string of the molecule is Cc1ccccc1NC(=O)CC1=NCCS1. The third-order valence-electron chi connectivity index (χ3n) is 2.38. The van der Waals surface area contributed by atoms with E-state index in [2.05, 4.69) is 10.3 Å². The molecule has 0 spiro atoms. The van der Waals surface area contributed by atoms with Crippen molar-refractivity contribution in [2.75, 3.05) is 17.6 Å². The number of anilines is 1. The molecule has 1 heterocycles. The van der Waals surface area contributed by atoms with E-state index in [1.54, 1.807) is 11.8 Å². The minimum Gasteiger partial charge on any atom is -0.325 e. The van der Waals surface area contributed by atoms with Gasteiger partial charge in [-0.15, -0.1) is 11.8 Å². The number of carbonyl (C=O) groups excluding carboxylic acids is 1. The number of nitrogens with zero attached hydrogens (tertiary/aromatic N) is 1. The number of aryl methyl sites for hydroxylation is 1. The van der Waals surface area contributed by atoms with Gasteiger partial charge < -0.3 is 5.32 Å². The van der Waals surface area contributed by atoms with Crippen molar-refractivity contribution in [3.05, 3.63) is 29.8 Å². The zero-order chi connectivity index (χ0) is 11.4. The fraction of sp³-hybridized carbons (Fsp3) is 0.333. The Morgan fingerprint density at radius 3 is 3.00 bits per heavy atom. The molecule has 0 aliphatic carbocycles. The molecule has 1 aliphatic rings. The largest absolute Gasteiger partial charge is 0.325 e. The molecule has 16 heavy (non-hydrogen) atoms. The Hall–Kier alpha value is -1.29. The van der Waals surface area contributed by atoms with Gasteiger partial charge in [0.1, 0.15) is 0 Å². The molecule has 4 heteroatoms. The van der Waals surface area contributed by atoms with E-state index in [1.165, 1.54) is 0 Å². The van der Waals surface area contributed by atoms with Crippen LogP contribution in [0.25, 0.3) is 0 Å². The van der Waals surface area contributed by atoms with Gasteiger partial charge in [-0.3, -0.25) is 9.79 Å². The van der Waals surface area contributed by atoms with Crippen LogP contribution in [0, 0.1) is 6.92 Å². The van der Waals surface area contributed by atoms with E-state index < -0.39 is 0 Å². The van der Waals surface area contributed by atoms with E-state index in [-0.39, 0.29) is 5.91 Å². The minimum absolute atomic E-state index is 0.0162. The average molecular weight is 234 g/mol. The zero-order valence-electron chi connectivity index (χ0n) is 9.19. The molecule has 3 nitrogen and oxygen atoms in total. The number of aliphatic imine (C=N–C) groups is 1. The van der Waals surface area contributed by atoms with Gasteiger partial charge in [0.05, 0.1) is 11.5 Å². The molecule has 0 unspecified atom stereocenters. The van der Waals surface area contributed by atoms with Crippen LogP contribution < -0.4 is 5.32 Å². The number of benzene rings is 1. The molecule has 0 bridgehead atoms. The second-order valence-corrected chi connectivity index (χ2v) is 4.83. The summed E-state index contributed by atoms with van der Waals surface area (Å²) in [7, 11) is 0. The highest BCUT2D eigenvalue weighted by molar-refractivity contribution is 8.14. The number of hydrogen-bond acceptors (Lipinski definition) is 3. The predicted molar refractivity (Wildman–Crippen MR) is 69.2 cm³/mol. The van der Waals surface area contributed by atoms with E-state index in [4.69, 9.17) is 0 Å². The van der Waals surface area contributed by atoms with Crippen LogP contribution in [0.15, 0.2) is 29.3 Å². The van der Waals surface area contributed by atoms with Gasteiger partial charge >= 0.3 is 0 Å². The van der Waals surface area contributed by atoms with Gasteiger partial charge in [-0.05, 0) is 18.6 Å². The number of carbonyl (C=O) groups is 1. The first kappa shape index (κ1) is 11.2. The summed E-state index contributed by atoms with van der Waals surface area (Å²) in [6, 6.07) is 7.78. The topological polar surface area (TPSA) is 41.5 Å². The number of para-hydroxylation sites is 1. The molecule has 0 aromatic heterocycles. The Balaban J connectivity index is 1.94. The van der Waals surface area contributed by atoms with Crippen molar-refractivity contribution in [2.24, 2.45) is 4.99 Å². The molecule has 0 saturated heterocycles. The van der Waals surface area contributed by atoms with E-state index in [0.717, 1.165) is 28.6 Å².